The third-order valence-electron chi connectivity index (χ3n) is 9.20. The molecule has 0 amide bonds. The van der Waals surface area contributed by atoms with Gasteiger partial charge in [0.1, 0.15) is 0 Å². The molecule has 0 aromatic rings. The molecule has 0 radical (unpaired) electrons. The summed E-state index contributed by atoms with van der Waals surface area (Å²) in [7, 11) is 0. The maximum absolute atomic E-state index is 10.9. The predicted octanol–water partition coefficient (Wildman–Crippen LogP) is 4.14. The van der Waals surface area contributed by atoms with Gasteiger partial charge in [0, 0.05) is 0 Å². The van der Waals surface area contributed by atoms with Crippen molar-refractivity contribution in [3.05, 3.63) is 0 Å². The normalized spacial score (nSPS) is 61.2. The number of fused-ring (bicyclic) bond motifs is 5. The molecule has 2 nitrogen and oxygen atoms in total. The van der Waals surface area contributed by atoms with Gasteiger partial charge in [0.15, 0.2) is 0 Å². The van der Waals surface area contributed by atoms with E-state index in [-0.39, 0.29) is 11.5 Å². The van der Waals surface area contributed by atoms with Crippen molar-refractivity contribution < 1.29 is 10.2 Å². The summed E-state index contributed by atoms with van der Waals surface area (Å²) in [6, 6.07) is 0. The summed E-state index contributed by atoms with van der Waals surface area (Å²) < 4.78 is 0. The second kappa shape index (κ2) is 4.72. The zero-order valence-electron chi connectivity index (χ0n) is 14.6. The quantitative estimate of drug-likeness (QED) is 0.706. The SMILES string of the molecule is C[C@@]12CC[C@@H](O)C[C@H]1CC[C@H]1[C@@H]2CC[C@]2(C)[C@H]1CC[C@]2(C)O. The summed E-state index contributed by atoms with van der Waals surface area (Å²) in [6.07, 6.45) is 10.6. The van der Waals surface area contributed by atoms with E-state index in [1.807, 2.05) is 0 Å². The molecule has 0 aliphatic heterocycles. The van der Waals surface area contributed by atoms with Crippen LogP contribution in [0.5, 0.6) is 0 Å². The largest absolute Gasteiger partial charge is 0.393 e. The number of aliphatic hydroxyl groups excluding tert-OH is 1. The summed E-state index contributed by atoms with van der Waals surface area (Å²) >= 11 is 0. The molecule has 8 atom stereocenters. The summed E-state index contributed by atoms with van der Waals surface area (Å²) in [5.41, 5.74) is 0.145. The number of hydrogen-bond acceptors (Lipinski definition) is 2. The van der Waals surface area contributed by atoms with Crippen molar-refractivity contribution in [1.82, 2.24) is 0 Å². The zero-order chi connectivity index (χ0) is 15.8. The molecule has 0 unspecified atom stereocenters. The highest BCUT2D eigenvalue weighted by Gasteiger charge is 2.63. The molecule has 0 aromatic carbocycles. The lowest BCUT2D eigenvalue weighted by Crippen LogP contribution is -2.56. The van der Waals surface area contributed by atoms with Crippen molar-refractivity contribution in [2.75, 3.05) is 0 Å². The highest BCUT2D eigenvalue weighted by molar-refractivity contribution is 5.12. The van der Waals surface area contributed by atoms with Gasteiger partial charge in [0.2, 0.25) is 0 Å². The van der Waals surface area contributed by atoms with E-state index in [0.29, 0.717) is 5.41 Å². The molecule has 0 heterocycles. The molecule has 4 rings (SSSR count). The van der Waals surface area contributed by atoms with Crippen molar-refractivity contribution in [2.45, 2.75) is 90.3 Å². The fraction of sp³-hybridized carbons (Fsp3) is 1.00. The molecule has 4 fully saturated rings. The van der Waals surface area contributed by atoms with Crippen LogP contribution in [0.3, 0.4) is 0 Å². The van der Waals surface area contributed by atoms with E-state index < -0.39 is 5.60 Å². The van der Waals surface area contributed by atoms with Gasteiger partial charge < -0.3 is 10.2 Å². The molecular formula is C20H34O2. The van der Waals surface area contributed by atoms with Gasteiger partial charge in [0.05, 0.1) is 11.7 Å². The molecule has 4 aliphatic carbocycles. The van der Waals surface area contributed by atoms with E-state index >= 15 is 0 Å². The van der Waals surface area contributed by atoms with Crippen LogP contribution in [0, 0.1) is 34.5 Å². The second-order valence-corrected chi connectivity index (χ2v) is 9.85. The van der Waals surface area contributed by atoms with Crippen molar-refractivity contribution in [1.29, 1.82) is 0 Å². The van der Waals surface area contributed by atoms with E-state index in [1.54, 1.807) is 0 Å². The van der Waals surface area contributed by atoms with Gasteiger partial charge in [-0.05, 0) is 99.2 Å². The van der Waals surface area contributed by atoms with Crippen LogP contribution in [0.2, 0.25) is 0 Å². The Morgan fingerprint density at radius 3 is 2.32 bits per heavy atom. The van der Waals surface area contributed by atoms with Gasteiger partial charge in [-0.2, -0.15) is 0 Å². The molecule has 2 N–H and O–H groups in total. The molecule has 2 heteroatoms. The zero-order valence-corrected chi connectivity index (χ0v) is 14.6. The average molecular weight is 306 g/mol. The van der Waals surface area contributed by atoms with Gasteiger partial charge in [-0.25, -0.2) is 0 Å². The molecule has 0 saturated heterocycles. The van der Waals surface area contributed by atoms with Gasteiger partial charge in [-0.3, -0.25) is 0 Å². The first-order chi connectivity index (χ1) is 10.3. The predicted molar refractivity (Wildman–Crippen MR) is 88.4 cm³/mol. The van der Waals surface area contributed by atoms with Crippen molar-refractivity contribution >= 4 is 0 Å². The van der Waals surface area contributed by atoms with Gasteiger partial charge >= 0.3 is 0 Å². The molecule has 4 aliphatic rings. The first-order valence-electron chi connectivity index (χ1n) is 9.68. The Morgan fingerprint density at radius 1 is 0.818 bits per heavy atom. The number of aliphatic hydroxyl groups is 2. The summed E-state index contributed by atoms with van der Waals surface area (Å²) in [5.74, 6) is 3.13. The molecular weight excluding hydrogens is 272 g/mol. The molecule has 0 aromatic heterocycles. The van der Waals surface area contributed by atoms with Crippen LogP contribution in [-0.2, 0) is 0 Å². The van der Waals surface area contributed by atoms with E-state index in [0.717, 1.165) is 42.9 Å². The van der Waals surface area contributed by atoms with Crippen molar-refractivity contribution in [3.8, 4) is 0 Å². The summed E-state index contributed by atoms with van der Waals surface area (Å²) in [4.78, 5) is 0. The Kier molecular flexibility index (Phi) is 3.32. The first-order valence-corrected chi connectivity index (χ1v) is 9.68. The van der Waals surface area contributed by atoms with Crippen LogP contribution < -0.4 is 0 Å². The van der Waals surface area contributed by atoms with Crippen LogP contribution in [0.4, 0.5) is 0 Å². The first kappa shape index (κ1) is 15.4. The van der Waals surface area contributed by atoms with E-state index in [9.17, 15) is 10.2 Å². The third kappa shape index (κ3) is 1.86. The minimum atomic E-state index is -0.455. The average Bonchev–Trinajstić information content (AvgIpc) is 2.70. The van der Waals surface area contributed by atoms with E-state index in [2.05, 4.69) is 20.8 Å². The highest BCUT2D eigenvalue weighted by atomic mass is 16.3. The second-order valence-electron chi connectivity index (χ2n) is 9.85. The minimum Gasteiger partial charge on any atom is -0.393 e. The molecule has 0 bridgehead atoms. The summed E-state index contributed by atoms with van der Waals surface area (Å²) in [6.45, 7) is 7.01. The van der Waals surface area contributed by atoms with Gasteiger partial charge in [-0.1, -0.05) is 13.8 Å². The molecule has 126 valence electrons. The van der Waals surface area contributed by atoms with Crippen LogP contribution in [0.1, 0.15) is 78.6 Å². The smallest absolute Gasteiger partial charge is 0.0675 e. The molecule has 22 heavy (non-hydrogen) atoms. The Morgan fingerprint density at radius 2 is 1.55 bits per heavy atom. The van der Waals surface area contributed by atoms with Crippen molar-refractivity contribution in [3.63, 3.8) is 0 Å². The lowest BCUT2D eigenvalue weighted by atomic mass is 9.44. The summed E-state index contributed by atoms with van der Waals surface area (Å²) in [5, 5.41) is 21.0. The third-order valence-corrected chi connectivity index (χ3v) is 9.20. The van der Waals surface area contributed by atoms with Crippen LogP contribution in [0.15, 0.2) is 0 Å². The lowest BCUT2D eigenvalue weighted by molar-refractivity contribution is -0.153. The van der Waals surface area contributed by atoms with E-state index in [4.69, 9.17) is 0 Å². The maximum atomic E-state index is 10.9. The van der Waals surface area contributed by atoms with Crippen molar-refractivity contribution in [2.24, 2.45) is 34.5 Å². The fourth-order valence-corrected chi connectivity index (χ4v) is 7.48. The standard InChI is InChI=1S/C20H34O2/c1-18-9-6-14(21)12-13(18)4-5-15-16(18)7-10-19(2)17(15)8-11-20(19,3)22/h13-17,21-22H,4-12H2,1-3H3/t13-,14-,15+,16+,17+,18-,19-,20+/m1/s1. The van der Waals surface area contributed by atoms with Gasteiger partial charge in [-0.15, -0.1) is 0 Å². The van der Waals surface area contributed by atoms with Crippen LogP contribution >= 0.6 is 0 Å². The van der Waals surface area contributed by atoms with E-state index in [1.165, 1.54) is 38.5 Å². The highest BCUT2D eigenvalue weighted by Crippen LogP contribution is 2.68. The van der Waals surface area contributed by atoms with Crippen LogP contribution in [-0.4, -0.2) is 21.9 Å². The topological polar surface area (TPSA) is 40.5 Å². The minimum absolute atomic E-state index is 0.0457. The fourth-order valence-electron chi connectivity index (χ4n) is 7.48. The molecule has 0 spiro atoms. The monoisotopic (exact) mass is 306 g/mol. The van der Waals surface area contributed by atoms with Crippen LogP contribution in [0.25, 0.3) is 0 Å². The number of hydrogen-bond donors (Lipinski definition) is 2. The lowest BCUT2D eigenvalue weighted by Gasteiger charge is -2.61. The Balaban J connectivity index is 1.64. The Hall–Kier alpha value is -0.0800. The van der Waals surface area contributed by atoms with Gasteiger partial charge in [0.25, 0.3) is 0 Å². The maximum Gasteiger partial charge on any atom is 0.0675 e. The molecule has 4 saturated carbocycles. The Labute approximate surface area is 135 Å². The Bertz CT molecular complexity index is 459. The number of rotatable bonds is 0.